The second kappa shape index (κ2) is 6.84. The summed E-state index contributed by atoms with van der Waals surface area (Å²) in [4.78, 5) is 19.2. The summed E-state index contributed by atoms with van der Waals surface area (Å²) in [7, 11) is 0. The summed E-state index contributed by atoms with van der Waals surface area (Å²) < 4.78 is 11.2. The van der Waals surface area contributed by atoms with Crippen LogP contribution < -0.4 is 9.64 Å². The van der Waals surface area contributed by atoms with Gasteiger partial charge in [-0.15, -0.1) is 0 Å². The number of para-hydroxylation sites is 1. The lowest BCUT2D eigenvalue weighted by atomic mass is 9.91. The lowest BCUT2D eigenvalue weighted by Gasteiger charge is -2.33. The van der Waals surface area contributed by atoms with Crippen LogP contribution in [0.1, 0.15) is 41.6 Å². The third-order valence-electron chi connectivity index (χ3n) is 4.95. The van der Waals surface area contributed by atoms with Crippen LogP contribution in [0.2, 0.25) is 0 Å². The molecule has 0 bridgehead atoms. The number of pyridine rings is 1. The van der Waals surface area contributed by atoms with Gasteiger partial charge in [-0.2, -0.15) is 0 Å². The monoisotopic (exact) mass is 338 g/mol. The molecule has 0 aliphatic carbocycles. The minimum atomic E-state index is -0.00530. The van der Waals surface area contributed by atoms with E-state index in [1.165, 1.54) is 5.56 Å². The Morgan fingerprint density at radius 1 is 1.28 bits per heavy atom. The number of benzene rings is 1. The van der Waals surface area contributed by atoms with Crippen LogP contribution in [0.5, 0.6) is 5.88 Å². The Labute approximate surface area is 147 Å². The van der Waals surface area contributed by atoms with Gasteiger partial charge in [-0.25, -0.2) is 4.98 Å². The van der Waals surface area contributed by atoms with Crippen molar-refractivity contribution in [3.8, 4) is 5.88 Å². The second-order valence-corrected chi connectivity index (χ2v) is 6.69. The van der Waals surface area contributed by atoms with Gasteiger partial charge in [0.15, 0.2) is 0 Å². The van der Waals surface area contributed by atoms with Crippen molar-refractivity contribution in [2.45, 2.75) is 31.8 Å². The van der Waals surface area contributed by atoms with E-state index in [2.05, 4.69) is 18.0 Å². The average Bonchev–Trinajstić information content (AvgIpc) is 3.15. The maximum Gasteiger partial charge on any atom is 0.258 e. The molecule has 1 aromatic carbocycles. The zero-order chi connectivity index (χ0) is 17.2. The van der Waals surface area contributed by atoms with Crippen molar-refractivity contribution in [2.75, 3.05) is 24.7 Å². The number of hydrogen-bond acceptors (Lipinski definition) is 4. The van der Waals surface area contributed by atoms with Crippen LogP contribution in [0.4, 0.5) is 5.69 Å². The van der Waals surface area contributed by atoms with Crippen molar-refractivity contribution in [1.82, 2.24) is 4.98 Å². The summed E-state index contributed by atoms with van der Waals surface area (Å²) in [6.45, 7) is 4.23. The second-order valence-electron chi connectivity index (χ2n) is 6.69. The van der Waals surface area contributed by atoms with Crippen LogP contribution in [-0.2, 0) is 4.74 Å². The molecule has 3 heterocycles. The zero-order valence-electron chi connectivity index (χ0n) is 14.4. The van der Waals surface area contributed by atoms with E-state index in [1.807, 2.05) is 23.1 Å². The maximum atomic E-state index is 13.1. The summed E-state index contributed by atoms with van der Waals surface area (Å²) in [5.74, 6) is 0.952. The van der Waals surface area contributed by atoms with Gasteiger partial charge in [-0.05, 0) is 30.0 Å². The lowest BCUT2D eigenvalue weighted by Crippen LogP contribution is -2.36. The molecular weight excluding hydrogens is 316 g/mol. The van der Waals surface area contributed by atoms with Crippen LogP contribution in [-0.4, -0.2) is 36.8 Å². The molecule has 2 aromatic rings. The quantitative estimate of drug-likeness (QED) is 0.861. The Kier molecular flexibility index (Phi) is 4.40. The predicted octanol–water partition coefficient (Wildman–Crippen LogP) is 3.40. The Balaban J connectivity index is 1.58. The van der Waals surface area contributed by atoms with Gasteiger partial charge in [0.05, 0.1) is 13.2 Å². The predicted molar refractivity (Wildman–Crippen MR) is 95.2 cm³/mol. The van der Waals surface area contributed by atoms with Crippen molar-refractivity contribution in [3.05, 3.63) is 53.7 Å². The Morgan fingerprint density at radius 3 is 3.00 bits per heavy atom. The van der Waals surface area contributed by atoms with E-state index in [4.69, 9.17) is 9.47 Å². The number of hydrogen-bond donors (Lipinski definition) is 0. The molecule has 130 valence electrons. The first-order valence-corrected chi connectivity index (χ1v) is 8.83. The van der Waals surface area contributed by atoms with Crippen molar-refractivity contribution in [3.63, 3.8) is 0 Å². The maximum absolute atomic E-state index is 13.1. The molecule has 5 nitrogen and oxygen atoms in total. The van der Waals surface area contributed by atoms with E-state index in [1.54, 1.807) is 18.3 Å². The largest absolute Gasteiger partial charge is 0.472 e. The number of nitrogens with zero attached hydrogens (tertiary/aromatic N) is 2. The molecule has 2 aliphatic heterocycles. The minimum absolute atomic E-state index is 0.00530. The molecule has 0 radical (unpaired) electrons. The van der Waals surface area contributed by atoms with Gasteiger partial charge in [0.2, 0.25) is 5.88 Å². The highest BCUT2D eigenvalue weighted by Gasteiger charge is 2.27. The number of amides is 1. The van der Waals surface area contributed by atoms with Gasteiger partial charge >= 0.3 is 0 Å². The lowest BCUT2D eigenvalue weighted by molar-refractivity contribution is 0.0982. The Morgan fingerprint density at radius 2 is 2.16 bits per heavy atom. The normalized spacial score (nSPS) is 22.5. The first-order valence-electron chi connectivity index (χ1n) is 8.83. The molecule has 2 atom stereocenters. The number of rotatable bonds is 3. The Hall–Kier alpha value is -2.40. The number of anilines is 1. The van der Waals surface area contributed by atoms with Gasteiger partial charge in [-0.3, -0.25) is 4.79 Å². The summed E-state index contributed by atoms with van der Waals surface area (Å²) in [5, 5.41) is 0. The van der Waals surface area contributed by atoms with Crippen LogP contribution in [0.15, 0.2) is 42.6 Å². The molecule has 0 saturated carbocycles. The average molecular weight is 338 g/mol. The molecule has 0 spiro atoms. The fourth-order valence-corrected chi connectivity index (χ4v) is 3.50. The zero-order valence-corrected chi connectivity index (χ0v) is 14.4. The number of carbonyl (C=O) groups excluding carboxylic acids is 1. The molecule has 5 heteroatoms. The molecule has 1 amide bonds. The number of carbonyl (C=O) groups is 1. The minimum Gasteiger partial charge on any atom is -0.472 e. The summed E-state index contributed by atoms with van der Waals surface area (Å²) in [6, 6.07) is 11.6. The topological polar surface area (TPSA) is 51.7 Å². The van der Waals surface area contributed by atoms with Crippen LogP contribution >= 0.6 is 0 Å². The van der Waals surface area contributed by atoms with Crippen molar-refractivity contribution in [2.24, 2.45) is 0 Å². The molecule has 1 saturated heterocycles. The molecular formula is C20H22N2O3. The van der Waals surface area contributed by atoms with Crippen LogP contribution in [0, 0.1) is 0 Å². The molecule has 4 rings (SSSR count). The van der Waals surface area contributed by atoms with Gasteiger partial charge in [-0.1, -0.05) is 25.1 Å². The highest BCUT2D eigenvalue weighted by atomic mass is 16.5. The molecule has 2 aliphatic rings. The van der Waals surface area contributed by atoms with Crippen molar-refractivity contribution >= 4 is 11.6 Å². The summed E-state index contributed by atoms with van der Waals surface area (Å²) >= 11 is 0. The number of fused-ring (bicyclic) bond motifs is 1. The van der Waals surface area contributed by atoms with E-state index >= 15 is 0 Å². The third kappa shape index (κ3) is 3.24. The van der Waals surface area contributed by atoms with Gasteiger partial charge < -0.3 is 14.4 Å². The standard InChI is InChI=1S/C20H22N2O3/c1-14-7-10-22(18-5-3-2-4-17(14)18)20(23)15-6-9-21-19(12-15)25-16-8-11-24-13-16/h2-6,9,12,14,16H,7-8,10-11,13H2,1H3/t14-,16-/m0/s1. The van der Waals surface area contributed by atoms with E-state index in [9.17, 15) is 4.79 Å². The van der Waals surface area contributed by atoms with Crippen LogP contribution in [0.25, 0.3) is 0 Å². The van der Waals surface area contributed by atoms with Crippen LogP contribution in [0.3, 0.4) is 0 Å². The SMILES string of the molecule is C[C@H]1CCN(C(=O)c2ccnc(O[C@H]3CCOC3)c2)c2ccccc21. The molecule has 1 fully saturated rings. The molecule has 25 heavy (non-hydrogen) atoms. The van der Waals surface area contributed by atoms with Crippen molar-refractivity contribution in [1.29, 1.82) is 0 Å². The fourth-order valence-electron chi connectivity index (χ4n) is 3.50. The van der Waals surface area contributed by atoms with Gasteiger partial charge in [0.1, 0.15) is 6.10 Å². The smallest absolute Gasteiger partial charge is 0.258 e. The summed E-state index contributed by atoms with van der Waals surface area (Å²) in [6.07, 6.45) is 3.49. The van der Waals surface area contributed by atoms with E-state index < -0.39 is 0 Å². The first kappa shape index (κ1) is 16.1. The third-order valence-corrected chi connectivity index (χ3v) is 4.95. The van der Waals surface area contributed by atoms with E-state index in [0.717, 1.165) is 25.1 Å². The highest BCUT2D eigenvalue weighted by molar-refractivity contribution is 6.06. The van der Waals surface area contributed by atoms with Crippen molar-refractivity contribution < 1.29 is 14.3 Å². The fraction of sp³-hybridized carbons (Fsp3) is 0.400. The number of ether oxygens (including phenoxy) is 2. The Bertz CT molecular complexity index is 771. The van der Waals surface area contributed by atoms with E-state index in [0.29, 0.717) is 30.6 Å². The molecule has 1 aromatic heterocycles. The molecule has 0 unspecified atom stereocenters. The number of aromatic nitrogens is 1. The summed E-state index contributed by atoms with van der Waals surface area (Å²) in [5.41, 5.74) is 2.85. The van der Waals surface area contributed by atoms with E-state index in [-0.39, 0.29) is 12.0 Å². The first-order chi connectivity index (χ1) is 12.2. The highest BCUT2D eigenvalue weighted by Crippen LogP contribution is 2.35. The van der Waals surface area contributed by atoms with Gasteiger partial charge in [0, 0.05) is 36.5 Å². The van der Waals surface area contributed by atoms with Gasteiger partial charge in [0.25, 0.3) is 5.91 Å². The molecule has 0 N–H and O–H groups in total.